The summed E-state index contributed by atoms with van der Waals surface area (Å²) in [6.45, 7) is 2.00. The van der Waals surface area contributed by atoms with Gasteiger partial charge < -0.3 is 26.4 Å². The van der Waals surface area contributed by atoms with Crippen LogP contribution in [-0.4, -0.2) is 72.4 Å². The number of anilines is 1. The lowest BCUT2D eigenvalue weighted by atomic mass is 10.00. The van der Waals surface area contributed by atoms with Crippen LogP contribution in [0.15, 0.2) is 42.0 Å². The minimum Gasteiger partial charge on any atom is -0.481 e. The Kier molecular flexibility index (Phi) is 10.4. The fraction of sp³-hybridized carbons (Fsp3) is 0.458. The maximum atomic E-state index is 13.2. The largest absolute Gasteiger partial charge is 0.481 e. The zero-order valence-corrected chi connectivity index (χ0v) is 20.1. The maximum absolute atomic E-state index is 13.2. The summed E-state index contributed by atoms with van der Waals surface area (Å²) in [4.78, 5) is 52.9. The molecule has 0 saturated carbocycles. The molecule has 0 radical (unpaired) electrons. The van der Waals surface area contributed by atoms with Crippen molar-refractivity contribution < 1.29 is 24.3 Å². The number of carboxylic acid groups (broad SMARTS) is 1. The first kappa shape index (κ1) is 27.5. The molecule has 0 saturated heterocycles. The number of carbonyl (C=O) groups excluding carboxylic acids is 3. The average Bonchev–Trinajstić information content (AvgIpc) is 2.95. The highest BCUT2D eigenvalue weighted by atomic mass is 16.4. The van der Waals surface area contributed by atoms with Crippen LogP contribution in [-0.2, 0) is 19.2 Å². The summed E-state index contributed by atoms with van der Waals surface area (Å²) in [5.74, 6) is -3.36. The molecule has 0 aliphatic carbocycles. The molecule has 1 unspecified atom stereocenters. The first-order chi connectivity index (χ1) is 16.6. The Labute approximate surface area is 204 Å². The Morgan fingerprint density at radius 3 is 2.54 bits per heavy atom. The number of hydrogen-bond acceptors (Lipinski definition) is 6. The monoisotopic (exact) mass is 486 g/mol. The van der Waals surface area contributed by atoms with E-state index < -0.39 is 29.7 Å². The number of carboxylic acids is 1. The zero-order chi connectivity index (χ0) is 26.0. The molecule has 2 atom stereocenters. The van der Waals surface area contributed by atoms with Crippen LogP contribution in [0, 0.1) is 11.3 Å². The molecule has 1 aromatic rings. The van der Waals surface area contributed by atoms with Crippen molar-refractivity contribution in [3.63, 3.8) is 0 Å². The second-order valence-electron chi connectivity index (χ2n) is 8.37. The number of amides is 3. The van der Waals surface area contributed by atoms with Crippen LogP contribution in [0.1, 0.15) is 32.6 Å². The van der Waals surface area contributed by atoms with Crippen LogP contribution >= 0.6 is 0 Å². The summed E-state index contributed by atoms with van der Waals surface area (Å²) < 4.78 is 0. The predicted molar refractivity (Wildman–Crippen MR) is 132 cm³/mol. The van der Waals surface area contributed by atoms with Crippen LogP contribution in [0.2, 0.25) is 0 Å². The van der Waals surface area contributed by atoms with Crippen molar-refractivity contribution in [3.05, 3.63) is 42.0 Å². The van der Waals surface area contributed by atoms with E-state index in [1.807, 2.05) is 6.07 Å². The average molecular weight is 487 g/mol. The number of carbonyl (C=O) groups is 4. The lowest BCUT2D eigenvalue weighted by Crippen LogP contribution is -2.48. The normalized spacial score (nSPS) is 16.6. The van der Waals surface area contributed by atoms with Crippen molar-refractivity contribution >= 4 is 35.3 Å². The van der Waals surface area contributed by atoms with Gasteiger partial charge in [-0.3, -0.25) is 29.5 Å². The SMILES string of the molecule is CN[C@@H](CCCNC(=N)N)C(=O)N(CC1=CC(CC(=O)O)C(=O)N(c2ccccc2)CC1)C(C)=O. The Morgan fingerprint density at radius 2 is 1.97 bits per heavy atom. The number of benzene rings is 1. The van der Waals surface area contributed by atoms with Crippen molar-refractivity contribution in [1.82, 2.24) is 15.5 Å². The van der Waals surface area contributed by atoms with E-state index in [-0.39, 0.29) is 24.8 Å². The van der Waals surface area contributed by atoms with Gasteiger partial charge in [-0.1, -0.05) is 29.8 Å². The molecule has 0 bridgehead atoms. The molecular weight excluding hydrogens is 452 g/mol. The van der Waals surface area contributed by atoms with E-state index in [2.05, 4.69) is 10.6 Å². The fourth-order valence-corrected chi connectivity index (χ4v) is 3.99. The number of aliphatic carboxylic acids is 1. The van der Waals surface area contributed by atoms with Crippen molar-refractivity contribution in [2.45, 2.75) is 38.6 Å². The third-order valence-corrected chi connectivity index (χ3v) is 5.78. The minimum atomic E-state index is -1.11. The molecule has 190 valence electrons. The molecule has 11 nitrogen and oxygen atoms in total. The van der Waals surface area contributed by atoms with Gasteiger partial charge in [0.25, 0.3) is 0 Å². The van der Waals surface area contributed by atoms with Gasteiger partial charge in [-0.2, -0.15) is 0 Å². The van der Waals surface area contributed by atoms with Crippen LogP contribution in [0.5, 0.6) is 0 Å². The highest BCUT2D eigenvalue weighted by molar-refractivity contribution is 5.99. The molecular formula is C24H34N6O5. The summed E-state index contributed by atoms with van der Waals surface area (Å²) >= 11 is 0. The number of likely N-dealkylation sites (N-methyl/N-ethyl adjacent to an activating group) is 1. The van der Waals surface area contributed by atoms with Gasteiger partial charge >= 0.3 is 5.97 Å². The molecule has 2 rings (SSSR count). The first-order valence-corrected chi connectivity index (χ1v) is 11.5. The predicted octanol–water partition coefficient (Wildman–Crippen LogP) is 0.667. The second-order valence-corrected chi connectivity index (χ2v) is 8.37. The minimum absolute atomic E-state index is 0.0237. The highest BCUT2D eigenvalue weighted by Gasteiger charge is 2.32. The summed E-state index contributed by atoms with van der Waals surface area (Å²) in [5.41, 5.74) is 6.59. The molecule has 1 aliphatic rings. The van der Waals surface area contributed by atoms with Crippen LogP contribution in [0.3, 0.4) is 0 Å². The molecule has 6 N–H and O–H groups in total. The number of hydrogen-bond donors (Lipinski definition) is 5. The number of para-hydroxylation sites is 1. The number of rotatable bonds is 11. The van der Waals surface area contributed by atoms with Gasteiger partial charge in [0.2, 0.25) is 17.7 Å². The Bertz CT molecular complexity index is 964. The standard InChI is InChI=1S/C24H34N6O5/c1-16(31)30(23(35)20(27-2)9-6-11-28-24(25)26)15-17-10-12-29(19-7-4-3-5-8-19)22(34)18(13-17)14-21(32)33/h3-5,7-8,13,18,20,27H,6,9-12,14-15H2,1-2H3,(H,32,33)(H4,25,26,28)/t18?,20-/m0/s1. The molecule has 11 heteroatoms. The van der Waals surface area contributed by atoms with Gasteiger partial charge in [-0.05, 0) is 38.4 Å². The molecule has 1 aromatic carbocycles. The van der Waals surface area contributed by atoms with Gasteiger partial charge in [-0.25, -0.2) is 0 Å². The van der Waals surface area contributed by atoms with Gasteiger partial charge in [0, 0.05) is 32.2 Å². The third kappa shape index (κ3) is 8.21. The van der Waals surface area contributed by atoms with Gasteiger partial charge in [-0.15, -0.1) is 0 Å². The number of nitrogens with two attached hydrogens (primary N) is 1. The molecule has 1 aliphatic heterocycles. The third-order valence-electron chi connectivity index (χ3n) is 5.78. The van der Waals surface area contributed by atoms with Crippen molar-refractivity contribution in [3.8, 4) is 0 Å². The Hall–Kier alpha value is -3.73. The fourth-order valence-electron chi connectivity index (χ4n) is 3.99. The smallest absolute Gasteiger partial charge is 0.304 e. The molecule has 3 amide bonds. The number of nitrogens with one attached hydrogen (secondary N) is 3. The van der Waals surface area contributed by atoms with Gasteiger partial charge in [0.05, 0.1) is 18.4 Å². The summed E-state index contributed by atoms with van der Waals surface area (Å²) in [6.07, 6.45) is 2.56. The number of imide groups is 1. The van der Waals surface area contributed by atoms with Crippen LogP contribution in [0.25, 0.3) is 0 Å². The van der Waals surface area contributed by atoms with Gasteiger partial charge in [0.1, 0.15) is 0 Å². The molecule has 35 heavy (non-hydrogen) atoms. The number of guanidine groups is 1. The van der Waals surface area contributed by atoms with Crippen molar-refractivity contribution in [2.24, 2.45) is 11.7 Å². The Morgan fingerprint density at radius 1 is 1.29 bits per heavy atom. The van der Waals surface area contributed by atoms with E-state index in [9.17, 15) is 24.3 Å². The van der Waals surface area contributed by atoms with E-state index in [1.54, 1.807) is 42.3 Å². The van der Waals surface area contributed by atoms with E-state index in [0.29, 0.717) is 43.6 Å². The van der Waals surface area contributed by atoms with Crippen LogP contribution in [0.4, 0.5) is 5.69 Å². The van der Waals surface area contributed by atoms with E-state index >= 15 is 0 Å². The van der Waals surface area contributed by atoms with Crippen molar-refractivity contribution in [2.75, 3.05) is 31.6 Å². The highest BCUT2D eigenvalue weighted by Crippen LogP contribution is 2.25. The summed E-state index contributed by atoms with van der Waals surface area (Å²) in [5, 5.41) is 22.2. The maximum Gasteiger partial charge on any atom is 0.304 e. The summed E-state index contributed by atoms with van der Waals surface area (Å²) in [7, 11) is 1.63. The Balaban J connectivity index is 2.21. The van der Waals surface area contributed by atoms with E-state index in [1.165, 1.54) is 6.92 Å². The molecule has 0 spiro atoms. The second kappa shape index (κ2) is 13.2. The van der Waals surface area contributed by atoms with E-state index in [4.69, 9.17) is 11.1 Å². The topological polar surface area (TPSA) is 169 Å². The number of nitrogens with zero attached hydrogens (tertiary/aromatic N) is 2. The lowest BCUT2D eigenvalue weighted by molar-refractivity contribution is -0.144. The molecule has 1 heterocycles. The first-order valence-electron chi connectivity index (χ1n) is 11.5. The molecule has 0 fully saturated rings. The quantitative estimate of drug-likeness (QED) is 0.132. The molecule has 0 aromatic heterocycles. The van der Waals surface area contributed by atoms with E-state index in [0.717, 1.165) is 4.90 Å². The van der Waals surface area contributed by atoms with Crippen LogP contribution < -0.4 is 21.3 Å². The van der Waals surface area contributed by atoms with Crippen molar-refractivity contribution in [1.29, 1.82) is 5.41 Å². The lowest BCUT2D eigenvalue weighted by Gasteiger charge is -2.26. The van der Waals surface area contributed by atoms with Gasteiger partial charge in [0.15, 0.2) is 5.96 Å². The summed E-state index contributed by atoms with van der Waals surface area (Å²) in [6, 6.07) is 8.36. The zero-order valence-electron chi connectivity index (χ0n) is 20.1.